The zero-order valence-corrected chi connectivity index (χ0v) is 11.6. The summed E-state index contributed by atoms with van der Waals surface area (Å²) in [5.74, 6) is -0.372. The van der Waals surface area contributed by atoms with Gasteiger partial charge in [0.2, 0.25) is 0 Å². The fraction of sp³-hybridized carbons (Fsp3) is 0.600. The Kier molecular flexibility index (Phi) is 4.11. The molecule has 2 N–H and O–H groups in total. The van der Waals surface area contributed by atoms with Crippen LogP contribution in [0.2, 0.25) is 0 Å². The molecule has 2 unspecified atom stereocenters. The second-order valence-corrected chi connectivity index (χ2v) is 5.69. The zero-order chi connectivity index (χ0) is 14.0. The number of aliphatic hydroxyl groups excluding tert-OH is 1. The van der Waals surface area contributed by atoms with Gasteiger partial charge in [0.1, 0.15) is 5.82 Å². The van der Waals surface area contributed by atoms with Crippen molar-refractivity contribution in [1.29, 1.82) is 0 Å². The second-order valence-electron chi connectivity index (χ2n) is 5.69. The molecule has 0 bridgehead atoms. The summed E-state index contributed by atoms with van der Waals surface area (Å²) in [5.41, 5.74) is 0.448. The molecule has 1 aliphatic heterocycles. The summed E-state index contributed by atoms with van der Waals surface area (Å²) in [7, 11) is 0. The van der Waals surface area contributed by atoms with Gasteiger partial charge in [0.25, 0.3) is 0 Å². The lowest BCUT2D eigenvalue weighted by Gasteiger charge is -2.27. The van der Waals surface area contributed by atoms with Crippen molar-refractivity contribution >= 4 is 5.69 Å². The van der Waals surface area contributed by atoms with E-state index in [0.29, 0.717) is 18.5 Å². The van der Waals surface area contributed by atoms with Gasteiger partial charge in [0.05, 0.1) is 11.7 Å². The first-order chi connectivity index (χ1) is 8.91. The quantitative estimate of drug-likeness (QED) is 0.865. The topological polar surface area (TPSA) is 43.7 Å². The number of aliphatic hydroxyl groups is 2. The Hall–Kier alpha value is -1.13. The smallest absolute Gasteiger partial charge is 0.131 e. The minimum absolute atomic E-state index is 0.351. The van der Waals surface area contributed by atoms with E-state index in [9.17, 15) is 14.6 Å². The van der Waals surface area contributed by atoms with E-state index in [1.54, 1.807) is 13.0 Å². The van der Waals surface area contributed by atoms with Gasteiger partial charge in [-0.25, -0.2) is 4.39 Å². The van der Waals surface area contributed by atoms with Crippen LogP contribution in [0, 0.1) is 5.82 Å². The molecule has 0 radical (unpaired) electrons. The second kappa shape index (κ2) is 5.47. The third-order valence-electron chi connectivity index (χ3n) is 3.85. The number of hydrogen-bond acceptors (Lipinski definition) is 3. The van der Waals surface area contributed by atoms with E-state index in [0.717, 1.165) is 25.1 Å². The van der Waals surface area contributed by atoms with Crippen LogP contribution in [0.1, 0.15) is 44.8 Å². The maximum atomic E-state index is 13.9. The Morgan fingerprint density at radius 2 is 2.05 bits per heavy atom. The van der Waals surface area contributed by atoms with E-state index < -0.39 is 11.7 Å². The molecule has 2 rings (SSSR count). The van der Waals surface area contributed by atoms with Crippen LogP contribution in [0.4, 0.5) is 10.1 Å². The van der Waals surface area contributed by atoms with Crippen LogP contribution in [0.25, 0.3) is 0 Å². The monoisotopic (exact) mass is 267 g/mol. The molecule has 1 aromatic rings. The predicted octanol–water partition coefficient (Wildman–Crippen LogP) is 2.62. The first-order valence-corrected chi connectivity index (χ1v) is 6.84. The SMILES string of the molecule is CC(O)c1c(F)cccc1N1CCCC(C)(O)CC1. The molecule has 3 nitrogen and oxygen atoms in total. The molecule has 1 aromatic carbocycles. The lowest BCUT2D eigenvalue weighted by atomic mass is 9.98. The Balaban J connectivity index is 2.29. The lowest BCUT2D eigenvalue weighted by Crippen LogP contribution is -2.29. The number of hydrogen-bond donors (Lipinski definition) is 2. The molecule has 1 fully saturated rings. The average molecular weight is 267 g/mol. The highest BCUT2D eigenvalue weighted by atomic mass is 19.1. The molecule has 1 heterocycles. The Morgan fingerprint density at radius 1 is 1.32 bits per heavy atom. The molecule has 4 heteroatoms. The molecule has 1 aliphatic rings. The van der Waals surface area contributed by atoms with E-state index in [1.165, 1.54) is 6.07 Å². The molecule has 19 heavy (non-hydrogen) atoms. The van der Waals surface area contributed by atoms with Crippen molar-refractivity contribution in [2.45, 2.75) is 44.8 Å². The molecule has 0 spiro atoms. The summed E-state index contributed by atoms with van der Waals surface area (Å²) in [6.45, 7) is 4.88. The van der Waals surface area contributed by atoms with Crippen molar-refractivity contribution in [2.75, 3.05) is 18.0 Å². The third kappa shape index (κ3) is 3.25. The van der Waals surface area contributed by atoms with Crippen molar-refractivity contribution in [2.24, 2.45) is 0 Å². The minimum atomic E-state index is -0.833. The molecule has 2 atom stereocenters. The van der Waals surface area contributed by atoms with Crippen molar-refractivity contribution in [3.8, 4) is 0 Å². The number of benzene rings is 1. The van der Waals surface area contributed by atoms with Gasteiger partial charge in [0.15, 0.2) is 0 Å². The van der Waals surface area contributed by atoms with E-state index in [4.69, 9.17) is 0 Å². The molecule has 106 valence electrons. The number of anilines is 1. The Bertz CT molecular complexity index is 446. The van der Waals surface area contributed by atoms with Gasteiger partial charge in [-0.3, -0.25) is 0 Å². The third-order valence-corrected chi connectivity index (χ3v) is 3.85. The summed E-state index contributed by atoms with van der Waals surface area (Å²) < 4.78 is 13.9. The van der Waals surface area contributed by atoms with Gasteiger partial charge in [-0.1, -0.05) is 6.07 Å². The van der Waals surface area contributed by atoms with Crippen LogP contribution in [0.5, 0.6) is 0 Å². The summed E-state index contributed by atoms with van der Waals surface area (Å²) in [4.78, 5) is 2.06. The molecule has 0 aliphatic carbocycles. The molecular weight excluding hydrogens is 245 g/mol. The van der Waals surface area contributed by atoms with Crippen LogP contribution >= 0.6 is 0 Å². The van der Waals surface area contributed by atoms with E-state index in [2.05, 4.69) is 4.90 Å². The highest BCUT2D eigenvalue weighted by Crippen LogP contribution is 2.32. The maximum Gasteiger partial charge on any atom is 0.131 e. The molecule has 0 amide bonds. The molecular formula is C15H22FNO2. The van der Waals surface area contributed by atoms with E-state index in [1.807, 2.05) is 13.0 Å². The van der Waals surface area contributed by atoms with Crippen LogP contribution in [-0.2, 0) is 0 Å². The van der Waals surface area contributed by atoms with Gasteiger partial charge < -0.3 is 15.1 Å². The fourth-order valence-electron chi connectivity index (χ4n) is 2.72. The first-order valence-electron chi connectivity index (χ1n) is 6.84. The van der Waals surface area contributed by atoms with Crippen LogP contribution < -0.4 is 4.90 Å². The predicted molar refractivity (Wildman–Crippen MR) is 73.7 cm³/mol. The van der Waals surface area contributed by atoms with Crippen molar-refractivity contribution in [3.63, 3.8) is 0 Å². The minimum Gasteiger partial charge on any atom is -0.390 e. The lowest BCUT2D eigenvalue weighted by molar-refractivity contribution is 0.0481. The average Bonchev–Trinajstić information content (AvgIpc) is 2.49. The molecule has 1 saturated heterocycles. The van der Waals surface area contributed by atoms with E-state index >= 15 is 0 Å². The zero-order valence-electron chi connectivity index (χ0n) is 11.6. The highest BCUT2D eigenvalue weighted by molar-refractivity contribution is 5.55. The molecule has 0 aromatic heterocycles. The van der Waals surface area contributed by atoms with Crippen molar-refractivity contribution in [1.82, 2.24) is 0 Å². The maximum absolute atomic E-state index is 13.9. The van der Waals surface area contributed by atoms with Crippen molar-refractivity contribution < 1.29 is 14.6 Å². The largest absolute Gasteiger partial charge is 0.390 e. The first kappa shape index (κ1) is 14.3. The summed E-state index contributed by atoms with van der Waals surface area (Å²) >= 11 is 0. The highest BCUT2D eigenvalue weighted by Gasteiger charge is 2.27. The van der Waals surface area contributed by atoms with Gasteiger partial charge in [-0.15, -0.1) is 0 Å². The fourth-order valence-corrected chi connectivity index (χ4v) is 2.72. The van der Waals surface area contributed by atoms with Crippen molar-refractivity contribution in [3.05, 3.63) is 29.6 Å². The summed E-state index contributed by atoms with van der Waals surface area (Å²) in [6.07, 6.45) is 1.44. The van der Waals surface area contributed by atoms with E-state index in [-0.39, 0.29) is 5.82 Å². The number of nitrogens with zero attached hydrogens (tertiary/aromatic N) is 1. The van der Waals surface area contributed by atoms with Gasteiger partial charge in [-0.05, 0) is 45.2 Å². The van der Waals surface area contributed by atoms with Crippen LogP contribution in [0.3, 0.4) is 0 Å². The Labute approximate surface area is 113 Å². The van der Waals surface area contributed by atoms with Gasteiger partial charge in [-0.2, -0.15) is 0 Å². The van der Waals surface area contributed by atoms with Crippen LogP contribution in [0.15, 0.2) is 18.2 Å². The summed E-state index contributed by atoms with van der Waals surface area (Å²) in [6, 6.07) is 4.88. The van der Waals surface area contributed by atoms with Gasteiger partial charge >= 0.3 is 0 Å². The number of halogens is 1. The Morgan fingerprint density at radius 3 is 2.74 bits per heavy atom. The van der Waals surface area contributed by atoms with Crippen LogP contribution in [-0.4, -0.2) is 28.9 Å². The van der Waals surface area contributed by atoms with Gasteiger partial charge in [0, 0.05) is 24.3 Å². The standard InChI is InChI=1S/C15H22FNO2/c1-11(18)14-12(16)5-3-6-13(14)17-9-4-7-15(2,19)8-10-17/h3,5-6,11,18-19H,4,7-10H2,1-2H3. The molecule has 0 saturated carbocycles. The summed E-state index contributed by atoms with van der Waals surface area (Å²) in [5, 5.41) is 19.9. The normalized spacial score (nSPS) is 26.1. The number of rotatable bonds is 2.